The molecule has 1 N–H and O–H groups in total. The van der Waals surface area contributed by atoms with Crippen molar-refractivity contribution in [1.82, 2.24) is 4.90 Å². The Morgan fingerprint density at radius 1 is 1.06 bits per heavy atom. The SMILES string of the molecule is CCCCCCCCN(C)C.O=C(O)C(F)(F)F. The molecular formula is C12H24F3NO2. The van der Waals surface area contributed by atoms with Gasteiger partial charge < -0.3 is 10.0 Å². The zero-order valence-electron chi connectivity index (χ0n) is 11.4. The Kier molecular flexibility index (Phi) is 12.3. The molecule has 0 rings (SSSR count). The highest BCUT2D eigenvalue weighted by Gasteiger charge is 2.38. The van der Waals surface area contributed by atoms with Gasteiger partial charge in [-0.3, -0.25) is 0 Å². The zero-order chi connectivity index (χ0) is 14.6. The van der Waals surface area contributed by atoms with Gasteiger partial charge in [0.15, 0.2) is 0 Å². The normalized spacial score (nSPS) is 11.1. The third-order valence-corrected chi connectivity index (χ3v) is 2.20. The Morgan fingerprint density at radius 2 is 1.44 bits per heavy atom. The van der Waals surface area contributed by atoms with Crippen molar-refractivity contribution in [1.29, 1.82) is 0 Å². The first-order valence-electron chi connectivity index (χ1n) is 6.16. The van der Waals surface area contributed by atoms with Gasteiger partial charge in [0.1, 0.15) is 0 Å². The number of carboxylic acids is 1. The maximum Gasteiger partial charge on any atom is 0.490 e. The van der Waals surface area contributed by atoms with Crippen molar-refractivity contribution in [2.75, 3.05) is 20.6 Å². The minimum absolute atomic E-state index is 1.26. The van der Waals surface area contributed by atoms with Crippen molar-refractivity contribution in [3.63, 3.8) is 0 Å². The molecule has 0 aliphatic heterocycles. The highest BCUT2D eigenvalue weighted by atomic mass is 19.4. The number of nitrogens with zero attached hydrogens (tertiary/aromatic N) is 1. The second kappa shape index (κ2) is 11.3. The quantitative estimate of drug-likeness (QED) is 0.720. The fraction of sp³-hybridized carbons (Fsp3) is 0.917. The van der Waals surface area contributed by atoms with Crippen LogP contribution in [0.3, 0.4) is 0 Å². The van der Waals surface area contributed by atoms with Crippen molar-refractivity contribution in [2.45, 2.75) is 51.6 Å². The predicted octanol–water partition coefficient (Wildman–Crippen LogP) is 3.54. The van der Waals surface area contributed by atoms with Gasteiger partial charge in [0.05, 0.1) is 0 Å². The van der Waals surface area contributed by atoms with E-state index in [0.717, 1.165) is 0 Å². The fourth-order valence-electron chi connectivity index (χ4n) is 1.21. The summed E-state index contributed by atoms with van der Waals surface area (Å²) in [5, 5.41) is 7.12. The number of carboxylic acid groups (broad SMARTS) is 1. The molecule has 0 saturated heterocycles. The zero-order valence-corrected chi connectivity index (χ0v) is 11.4. The first-order chi connectivity index (χ1) is 8.21. The molecule has 0 aliphatic carbocycles. The van der Waals surface area contributed by atoms with E-state index < -0.39 is 12.1 Å². The van der Waals surface area contributed by atoms with Crippen LogP contribution in [0.5, 0.6) is 0 Å². The number of hydrogen-bond donors (Lipinski definition) is 1. The van der Waals surface area contributed by atoms with Gasteiger partial charge in [0, 0.05) is 0 Å². The monoisotopic (exact) mass is 271 g/mol. The molecule has 0 aromatic heterocycles. The van der Waals surface area contributed by atoms with Crippen LogP contribution in [-0.2, 0) is 4.79 Å². The highest BCUT2D eigenvalue weighted by molar-refractivity contribution is 5.73. The summed E-state index contributed by atoms with van der Waals surface area (Å²) in [5.74, 6) is -2.76. The van der Waals surface area contributed by atoms with Crippen molar-refractivity contribution in [3.05, 3.63) is 0 Å². The van der Waals surface area contributed by atoms with E-state index >= 15 is 0 Å². The lowest BCUT2D eigenvalue weighted by atomic mass is 10.1. The molecule has 0 saturated carbocycles. The average Bonchev–Trinajstić information content (AvgIpc) is 2.22. The lowest BCUT2D eigenvalue weighted by Crippen LogP contribution is -2.21. The molecule has 0 heterocycles. The van der Waals surface area contributed by atoms with E-state index in [1.54, 1.807) is 0 Å². The van der Waals surface area contributed by atoms with Crippen LogP contribution in [0.2, 0.25) is 0 Å². The van der Waals surface area contributed by atoms with Gasteiger partial charge in [-0.15, -0.1) is 0 Å². The lowest BCUT2D eigenvalue weighted by molar-refractivity contribution is -0.192. The van der Waals surface area contributed by atoms with Gasteiger partial charge >= 0.3 is 12.1 Å². The van der Waals surface area contributed by atoms with Gasteiger partial charge in [-0.25, -0.2) is 4.79 Å². The minimum Gasteiger partial charge on any atom is -0.475 e. The maximum absolute atomic E-state index is 10.6. The molecule has 0 fully saturated rings. The summed E-state index contributed by atoms with van der Waals surface area (Å²) in [4.78, 5) is 11.2. The standard InChI is InChI=1S/C10H23N.C2HF3O2/c1-4-5-6-7-8-9-10-11(2)3;3-2(4,5)1(6)7/h4-10H2,1-3H3;(H,6,7). The third kappa shape index (κ3) is 17.6. The molecule has 110 valence electrons. The number of unbranched alkanes of at least 4 members (excludes halogenated alkanes) is 5. The maximum atomic E-state index is 10.6. The van der Waals surface area contributed by atoms with Gasteiger partial charge in [-0.1, -0.05) is 39.0 Å². The van der Waals surface area contributed by atoms with E-state index in [0.29, 0.717) is 0 Å². The van der Waals surface area contributed by atoms with Crippen LogP contribution >= 0.6 is 0 Å². The molecule has 0 aromatic carbocycles. The lowest BCUT2D eigenvalue weighted by Gasteiger charge is -2.08. The molecule has 0 aromatic rings. The summed E-state index contributed by atoms with van der Waals surface area (Å²) in [6.07, 6.45) is 3.34. The van der Waals surface area contributed by atoms with Gasteiger partial charge in [-0.05, 0) is 27.1 Å². The minimum atomic E-state index is -5.08. The molecule has 0 unspecified atom stereocenters. The molecule has 0 amide bonds. The number of hydrogen-bond acceptors (Lipinski definition) is 2. The smallest absolute Gasteiger partial charge is 0.475 e. The fourth-order valence-corrected chi connectivity index (χ4v) is 1.21. The van der Waals surface area contributed by atoms with Crippen LogP contribution in [-0.4, -0.2) is 42.8 Å². The Balaban J connectivity index is 0. The number of carbonyl (C=O) groups is 1. The number of alkyl halides is 3. The Morgan fingerprint density at radius 3 is 1.78 bits per heavy atom. The third-order valence-electron chi connectivity index (χ3n) is 2.20. The Labute approximate surface area is 107 Å². The molecule has 0 atom stereocenters. The first kappa shape index (κ1) is 19.6. The van der Waals surface area contributed by atoms with Gasteiger partial charge in [0.2, 0.25) is 0 Å². The van der Waals surface area contributed by atoms with Crippen molar-refractivity contribution in [2.24, 2.45) is 0 Å². The summed E-state index contributed by atoms with van der Waals surface area (Å²) < 4.78 is 31.7. The summed E-state index contributed by atoms with van der Waals surface area (Å²) in [6.45, 7) is 3.52. The number of halogens is 3. The summed E-state index contributed by atoms with van der Waals surface area (Å²) in [5.41, 5.74) is 0. The second-order valence-corrected chi connectivity index (χ2v) is 4.37. The molecule has 6 heteroatoms. The largest absolute Gasteiger partial charge is 0.490 e. The van der Waals surface area contributed by atoms with E-state index in [2.05, 4.69) is 25.9 Å². The van der Waals surface area contributed by atoms with Crippen LogP contribution in [0.15, 0.2) is 0 Å². The van der Waals surface area contributed by atoms with E-state index in [9.17, 15) is 13.2 Å². The molecule has 0 radical (unpaired) electrons. The van der Waals surface area contributed by atoms with Crippen LogP contribution in [0.4, 0.5) is 13.2 Å². The van der Waals surface area contributed by atoms with Crippen LogP contribution in [0, 0.1) is 0 Å². The molecule has 18 heavy (non-hydrogen) atoms. The van der Waals surface area contributed by atoms with E-state index in [-0.39, 0.29) is 0 Å². The molecular weight excluding hydrogens is 247 g/mol. The summed E-state index contributed by atoms with van der Waals surface area (Å²) in [7, 11) is 4.29. The van der Waals surface area contributed by atoms with E-state index in [1.165, 1.54) is 45.1 Å². The summed E-state index contributed by atoms with van der Waals surface area (Å²) in [6, 6.07) is 0. The second-order valence-electron chi connectivity index (χ2n) is 4.37. The molecule has 0 bridgehead atoms. The molecule has 0 aliphatic rings. The molecule has 3 nitrogen and oxygen atoms in total. The highest BCUT2D eigenvalue weighted by Crippen LogP contribution is 2.13. The predicted molar refractivity (Wildman–Crippen MR) is 65.6 cm³/mol. The van der Waals surface area contributed by atoms with Crippen molar-refractivity contribution in [3.8, 4) is 0 Å². The number of rotatable bonds is 7. The van der Waals surface area contributed by atoms with Crippen LogP contribution < -0.4 is 0 Å². The average molecular weight is 271 g/mol. The van der Waals surface area contributed by atoms with Crippen molar-refractivity contribution >= 4 is 5.97 Å². The molecule has 0 spiro atoms. The number of aliphatic carboxylic acids is 1. The summed E-state index contributed by atoms with van der Waals surface area (Å²) >= 11 is 0. The van der Waals surface area contributed by atoms with E-state index in [4.69, 9.17) is 9.90 Å². The Hall–Kier alpha value is -0.780. The van der Waals surface area contributed by atoms with Crippen LogP contribution in [0.25, 0.3) is 0 Å². The van der Waals surface area contributed by atoms with Gasteiger partial charge in [-0.2, -0.15) is 13.2 Å². The first-order valence-corrected chi connectivity index (χ1v) is 6.16. The van der Waals surface area contributed by atoms with Crippen molar-refractivity contribution < 1.29 is 23.1 Å². The van der Waals surface area contributed by atoms with E-state index in [1.807, 2.05) is 0 Å². The topological polar surface area (TPSA) is 40.5 Å². The Bertz CT molecular complexity index is 206. The van der Waals surface area contributed by atoms with Gasteiger partial charge in [0.25, 0.3) is 0 Å². The van der Waals surface area contributed by atoms with Crippen LogP contribution in [0.1, 0.15) is 45.4 Å².